The second-order valence-corrected chi connectivity index (χ2v) is 5.40. The van der Waals surface area contributed by atoms with Crippen molar-refractivity contribution in [3.05, 3.63) is 29.8 Å². The molecule has 110 valence electrons. The number of hydrogen-bond acceptors (Lipinski definition) is 3. The maximum Gasteiger partial charge on any atom is 0.223 e. The number of benzene rings is 1. The molecule has 0 spiro atoms. The molecule has 0 bridgehead atoms. The maximum absolute atomic E-state index is 11.8. The number of likely N-dealkylation sites (tertiary alicyclic amines) is 1. The van der Waals surface area contributed by atoms with E-state index in [4.69, 9.17) is 10.5 Å². The quantitative estimate of drug-likeness (QED) is 0.830. The Morgan fingerprint density at radius 3 is 2.75 bits per heavy atom. The lowest BCUT2D eigenvalue weighted by molar-refractivity contribution is -0.128. The zero-order valence-electron chi connectivity index (χ0n) is 12.2. The van der Waals surface area contributed by atoms with E-state index in [0.29, 0.717) is 32.0 Å². The first-order valence-corrected chi connectivity index (χ1v) is 7.42. The largest absolute Gasteiger partial charge is 0.492 e. The van der Waals surface area contributed by atoms with Crippen LogP contribution < -0.4 is 10.5 Å². The molecule has 2 N–H and O–H groups in total. The van der Waals surface area contributed by atoms with Gasteiger partial charge in [-0.25, -0.2) is 0 Å². The van der Waals surface area contributed by atoms with E-state index in [1.807, 2.05) is 29.2 Å². The highest BCUT2D eigenvalue weighted by molar-refractivity contribution is 5.78. The number of carbonyl (C=O) groups excluding carboxylic acids is 1. The van der Waals surface area contributed by atoms with E-state index in [0.717, 1.165) is 30.7 Å². The van der Waals surface area contributed by atoms with Crippen molar-refractivity contribution in [3.8, 4) is 5.75 Å². The van der Waals surface area contributed by atoms with Gasteiger partial charge in [0.2, 0.25) is 5.91 Å². The zero-order valence-corrected chi connectivity index (χ0v) is 12.2. The van der Waals surface area contributed by atoms with Gasteiger partial charge in [0.05, 0.1) is 6.54 Å². The Hall–Kier alpha value is -1.55. The molecule has 1 aliphatic rings. The van der Waals surface area contributed by atoms with Gasteiger partial charge in [0.1, 0.15) is 12.4 Å². The molecule has 0 saturated carbocycles. The molecule has 1 amide bonds. The number of carbonyl (C=O) groups is 1. The number of hydrogen-bond donors (Lipinski definition) is 1. The summed E-state index contributed by atoms with van der Waals surface area (Å²) in [5.74, 6) is 1.64. The smallest absolute Gasteiger partial charge is 0.223 e. The molecule has 1 fully saturated rings. The van der Waals surface area contributed by atoms with Crippen LogP contribution in [0.5, 0.6) is 5.75 Å². The molecule has 1 saturated heterocycles. The van der Waals surface area contributed by atoms with E-state index in [1.165, 1.54) is 0 Å². The molecule has 0 aromatic heterocycles. The van der Waals surface area contributed by atoms with Crippen LogP contribution in [0.3, 0.4) is 0 Å². The SMILES string of the molecule is CCCC1CC(=O)N(CCOc2ccc(CN)cc2)C1. The molecule has 1 aromatic rings. The summed E-state index contributed by atoms with van der Waals surface area (Å²) in [6, 6.07) is 7.78. The van der Waals surface area contributed by atoms with Crippen LogP contribution in [0.25, 0.3) is 0 Å². The van der Waals surface area contributed by atoms with Crippen molar-refractivity contribution in [2.24, 2.45) is 11.7 Å². The van der Waals surface area contributed by atoms with Gasteiger partial charge in [0, 0.05) is 19.5 Å². The van der Waals surface area contributed by atoms with E-state index < -0.39 is 0 Å². The minimum absolute atomic E-state index is 0.269. The average molecular weight is 276 g/mol. The Labute approximate surface area is 120 Å². The highest BCUT2D eigenvalue weighted by atomic mass is 16.5. The summed E-state index contributed by atoms with van der Waals surface area (Å²) in [6.07, 6.45) is 3.00. The first-order valence-electron chi connectivity index (χ1n) is 7.42. The standard InChI is InChI=1S/C16H24N2O2/c1-2-3-14-10-16(19)18(12-14)8-9-20-15-6-4-13(11-17)5-7-15/h4-7,14H,2-3,8-12,17H2,1H3. The van der Waals surface area contributed by atoms with Crippen LogP contribution in [-0.4, -0.2) is 30.5 Å². The van der Waals surface area contributed by atoms with Crippen molar-refractivity contribution in [2.45, 2.75) is 32.7 Å². The summed E-state index contributed by atoms with van der Waals surface area (Å²) in [6.45, 7) is 4.83. The second-order valence-electron chi connectivity index (χ2n) is 5.40. The van der Waals surface area contributed by atoms with Crippen LogP contribution in [0.1, 0.15) is 31.7 Å². The molecule has 1 unspecified atom stereocenters. The molecule has 1 aromatic carbocycles. The first kappa shape index (κ1) is 14.9. The number of ether oxygens (including phenoxy) is 1. The molecule has 4 nitrogen and oxygen atoms in total. The summed E-state index contributed by atoms with van der Waals surface area (Å²) in [7, 11) is 0. The molecule has 2 rings (SSSR count). The molecule has 20 heavy (non-hydrogen) atoms. The summed E-state index contributed by atoms with van der Waals surface area (Å²) in [4.78, 5) is 13.8. The minimum atomic E-state index is 0.269. The fourth-order valence-electron chi connectivity index (χ4n) is 2.67. The zero-order chi connectivity index (χ0) is 14.4. The summed E-state index contributed by atoms with van der Waals surface area (Å²) >= 11 is 0. The van der Waals surface area contributed by atoms with Crippen LogP contribution in [0, 0.1) is 5.92 Å². The summed E-state index contributed by atoms with van der Waals surface area (Å²) < 4.78 is 5.68. The Kier molecular flexibility index (Phi) is 5.41. The normalized spacial score (nSPS) is 18.6. The third-order valence-electron chi connectivity index (χ3n) is 3.78. The minimum Gasteiger partial charge on any atom is -0.492 e. The molecule has 1 atom stereocenters. The van der Waals surface area contributed by atoms with E-state index in [-0.39, 0.29) is 5.91 Å². The van der Waals surface area contributed by atoms with Gasteiger partial charge in [0.25, 0.3) is 0 Å². The van der Waals surface area contributed by atoms with Gasteiger partial charge in [-0.2, -0.15) is 0 Å². The lowest BCUT2D eigenvalue weighted by atomic mass is 10.0. The monoisotopic (exact) mass is 276 g/mol. The van der Waals surface area contributed by atoms with Crippen LogP contribution in [0.2, 0.25) is 0 Å². The van der Waals surface area contributed by atoms with Crippen molar-refractivity contribution in [1.29, 1.82) is 0 Å². The van der Waals surface area contributed by atoms with Crippen LogP contribution in [-0.2, 0) is 11.3 Å². The molecule has 4 heteroatoms. The molecule has 1 heterocycles. The van der Waals surface area contributed by atoms with Gasteiger partial charge >= 0.3 is 0 Å². The molecule has 0 radical (unpaired) electrons. The van der Waals surface area contributed by atoms with Crippen molar-refractivity contribution < 1.29 is 9.53 Å². The van der Waals surface area contributed by atoms with E-state index >= 15 is 0 Å². The number of nitrogens with zero attached hydrogens (tertiary/aromatic N) is 1. The van der Waals surface area contributed by atoms with Gasteiger partial charge in [-0.15, -0.1) is 0 Å². The van der Waals surface area contributed by atoms with Crippen molar-refractivity contribution in [1.82, 2.24) is 4.90 Å². The second kappa shape index (κ2) is 7.29. The molecule has 0 aliphatic carbocycles. The lowest BCUT2D eigenvalue weighted by Gasteiger charge is -2.17. The molecule has 1 aliphatic heterocycles. The van der Waals surface area contributed by atoms with Gasteiger partial charge in [0.15, 0.2) is 0 Å². The highest BCUT2D eigenvalue weighted by Crippen LogP contribution is 2.21. The van der Waals surface area contributed by atoms with Gasteiger partial charge in [-0.05, 0) is 30.0 Å². The Bertz CT molecular complexity index is 431. The number of rotatable bonds is 7. The van der Waals surface area contributed by atoms with E-state index in [2.05, 4.69) is 6.92 Å². The topological polar surface area (TPSA) is 55.6 Å². The van der Waals surface area contributed by atoms with E-state index in [1.54, 1.807) is 0 Å². The average Bonchev–Trinajstić information content (AvgIpc) is 2.80. The molecular formula is C16H24N2O2. The maximum atomic E-state index is 11.8. The fourth-order valence-corrected chi connectivity index (χ4v) is 2.67. The van der Waals surface area contributed by atoms with Crippen molar-refractivity contribution in [3.63, 3.8) is 0 Å². The van der Waals surface area contributed by atoms with Gasteiger partial charge < -0.3 is 15.4 Å². The number of amides is 1. The predicted molar refractivity (Wildman–Crippen MR) is 79.4 cm³/mol. The third-order valence-corrected chi connectivity index (χ3v) is 3.78. The van der Waals surface area contributed by atoms with Crippen LogP contribution in [0.15, 0.2) is 24.3 Å². The van der Waals surface area contributed by atoms with Gasteiger partial charge in [-0.1, -0.05) is 25.5 Å². The molecular weight excluding hydrogens is 252 g/mol. The highest BCUT2D eigenvalue weighted by Gasteiger charge is 2.28. The Morgan fingerprint density at radius 2 is 2.10 bits per heavy atom. The first-order chi connectivity index (χ1) is 9.72. The van der Waals surface area contributed by atoms with Crippen LogP contribution in [0.4, 0.5) is 0 Å². The summed E-state index contributed by atoms with van der Waals surface area (Å²) in [5, 5.41) is 0. The predicted octanol–water partition coefficient (Wildman–Crippen LogP) is 2.17. The third kappa shape index (κ3) is 3.97. The number of nitrogens with two attached hydrogens (primary N) is 1. The Morgan fingerprint density at radius 1 is 1.35 bits per heavy atom. The van der Waals surface area contributed by atoms with Crippen LogP contribution >= 0.6 is 0 Å². The lowest BCUT2D eigenvalue weighted by Crippen LogP contribution is -2.29. The fraction of sp³-hybridized carbons (Fsp3) is 0.562. The van der Waals surface area contributed by atoms with Crippen molar-refractivity contribution >= 4 is 5.91 Å². The van der Waals surface area contributed by atoms with Gasteiger partial charge in [-0.3, -0.25) is 4.79 Å². The summed E-state index contributed by atoms with van der Waals surface area (Å²) in [5.41, 5.74) is 6.64. The van der Waals surface area contributed by atoms with E-state index in [9.17, 15) is 4.79 Å². The Balaban J connectivity index is 1.74. The van der Waals surface area contributed by atoms with Crippen molar-refractivity contribution in [2.75, 3.05) is 19.7 Å².